The lowest BCUT2D eigenvalue weighted by Crippen LogP contribution is -2.22. The Balaban J connectivity index is 1.85. The molecule has 9 heteroatoms. The topological polar surface area (TPSA) is 121 Å². The van der Waals surface area contributed by atoms with E-state index in [1.165, 1.54) is 41.0 Å². The van der Waals surface area contributed by atoms with Gasteiger partial charge in [0.2, 0.25) is 0 Å². The highest BCUT2D eigenvalue weighted by molar-refractivity contribution is 5.80. The third-order valence-corrected chi connectivity index (χ3v) is 4.65. The molecule has 0 N–H and O–H groups in total. The zero-order valence-corrected chi connectivity index (χ0v) is 15.9. The van der Waals surface area contributed by atoms with Crippen LogP contribution in [0.2, 0.25) is 0 Å². The summed E-state index contributed by atoms with van der Waals surface area (Å²) >= 11 is 0. The van der Waals surface area contributed by atoms with Crippen LogP contribution in [0, 0.1) is 20.2 Å². The Bertz CT molecular complexity index is 1390. The number of nitro benzene ring substituents is 2. The van der Waals surface area contributed by atoms with Crippen molar-refractivity contribution < 1.29 is 9.85 Å². The lowest BCUT2D eigenvalue weighted by atomic mass is 10.2. The van der Waals surface area contributed by atoms with E-state index in [0.29, 0.717) is 28.0 Å². The molecule has 0 saturated carbocycles. The summed E-state index contributed by atoms with van der Waals surface area (Å²) in [7, 11) is 0. The fourth-order valence-corrected chi connectivity index (χ4v) is 3.11. The summed E-state index contributed by atoms with van der Waals surface area (Å²) in [5, 5.41) is 22.2. The summed E-state index contributed by atoms with van der Waals surface area (Å²) in [5.41, 5.74) is 1.19. The Morgan fingerprint density at radius 3 is 1.97 bits per heavy atom. The van der Waals surface area contributed by atoms with Gasteiger partial charge < -0.3 is 0 Å². The molecule has 152 valence electrons. The van der Waals surface area contributed by atoms with E-state index in [1.807, 2.05) is 0 Å². The van der Waals surface area contributed by atoms with E-state index in [4.69, 9.17) is 0 Å². The summed E-state index contributed by atoms with van der Waals surface area (Å²) in [5.74, 6) is 0.316. The number of hydrogen-bond acceptors (Lipinski definition) is 6. The van der Waals surface area contributed by atoms with Crippen molar-refractivity contribution in [3.05, 3.63) is 115 Å². The molecule has 1 heterocycles. The predicted molar refractivity (Wildman–Crippen MR) is 116 cm³/mol. The molecule has 0 aliphatic heterocycles. The molecule has 9 nitrogen and oxygen atoms in total. The maximum absolute atomic E-state index is 13.2. The van der Waals surface area contributed by atoms with Crippen molar-refractivity contribution in [1.29, 1.82) is 0 Å². The van der Waals surface area contributed by atoms with Crippen molar-refractivity contribution in [2.45, 2.75) is 0 Å². The Morgan fingerprint density at radius 1 is 0.774 bits per heavy atom. The van der Waals surface area contributed by atoms with Gasteiger partial charge in [-0.25, -0.2) is 4.98 Å². The highest BCUT2D eigenvalue weighted by atomic mass is 16.6. The molecule has 31 heavy (non-hydrogen) atoms. The molecule has 0 spiro atoms. The molecule has 0 saturated heterocycles. The molecular weight excluding hydrogens is 400 g/mol. The van der Waals surface area contributed by atoms with E-state index < -0.39 is 9.85 Å². The lowest BCUT2D eigenvalue weighted by Gasteiger charge is -2.11. The highest BCUT2D eigenvalue weighted by Crippen LogP contribution is 2.19. The number of benzene rings is 3. The van der Waals surface area contributed by atoms with Crippen LogP contribution in [0.4, 0.5) is 11.4 Å². The first kappa shape index (κ1) is 19.6. The van der Waals surface area contributed by atoms with E-state index in [-0.39, 0.29) is 16.9 Å². The molecule has 0 atom stereocenters. The van der Waals surface area contributed by atoms with Gasteiger partial charge >= 0.3 is 0 Å². The zero-order chi connectivity index (χ0) is 22.0. The first-order valence-electron chi connectivity index (χ1n) is 9.13. The fourth-order valence-electron chi connectivity index (χ4n) is 3.11. The molecule has 0 unspecified atom stereocenters. The molecule has 4 aromatic rings. The summed E-state index contributed by atoms with van der Waals surface area (Å²) in [6.07, 6.45) is 3.30. The second-order valence-corrected chi connectivity index (χ2v) is 6.58. The minimum atomic E-state index is -0.513. The number of nitrogens with zero attached hydrogens (tertiary/aromatic N) is 4. The van der Waals surface area contributed by atoms with Crippen molar-refractivity contribution in [1.82, 2.24) is 9.55 Å². The van der Waals surface area contributed by atoms with Crippen molar-refractivity contribution in [2.75, 3.05) is 0 Å². The van der Waals surface area contributed by atoms with E-state index in [0.717, 1.165) is 0 Å². The van der Waals surface area contributed by atoms with Crippen LogP contribution in [0.25, 0.3) is 28.7 Å². The van der Waals surface area contributed by atoms with E-state index in [2.05, 4.69) is 4.98 Å². The predicted octanol–water partition coefficient (Wildman–Crippen LogP) is 4.37. The molecule has 0 aliphatic rings. The first-order chi connectivity index (χ1) is 14.9. The lowest BCUT2D eigenvalue weighted by molar-refractivity contribution is -0.385. The minimum absolute atomic E-state index is 0.0243. The van der Waals surface area contributed by atoms with Crippen molar-refractivity contribution in [2.24, 2.45) is 0 Å². The Kier molecular flexibility index (Phi) is 5.07. The number of nitro groups is 2. The summed E-state index contributed by atoms with van der Waals surface area (Å²) in [6.45, 7) is 0. The maximum Gasteiger partial charge on any atom is 0.269 e. The fraction of sp³-hybridized carbons (Fsp3) is 0. The quantitative estimate of drug-likeness (QED) is 0.353. The minimum Gasteiger partial charge on any atom is -0.268 e. The standard InChI is InChI=1S/C22H14N4O5/c27-22-19-3-1-2-4-20(19)23-21(14-7-15-5-8-17(9-6-15)25(28)29)24(22)16-10-12-18(13-11-16)26(30)31/h1-14H. The second-order valence-electron chi connectivity index (χ2n) is 6.58. The van der Waals surface area contributed by atoms with Gasteiger partial charge in [0.1, 0.15) is 5.82 Å². The van der Waals surface area contributed by atoms with E-state index in [1.54, 1.807) is 48.6 Å². The van der Waals surface area contributed by atoms with Crippen LogP contribution in [-0.4, -0.2) is 19.4 Å². The smallest absolute Gasteiger partial charge is 0.268 e. The van der Waals surface area contributed by atoms with Gasteiger partial charge in [-0.2, -0.15) is 0 Å². The summed E-state index contributed by atoms with van der Waals surface area (Å²) < 4.78 is 1.37. The third-order valence-electron chi connectivity index (χ3n) is 4.65. The molecular formula is C22H14N4O5. The number of non-ortho nitro benzene ring substituents is 2. The van der Waals surface area contributed by atoms with Gasteiger partial charge in [0, 0.05) is 24.3 Å². The number of fused-ring (bicyclic) bond motifs is 1. The highest BCUT2D eigenvalue weighted by Gasteiger charge is 2.13. The van der Waals surface area contributed by atoms with E-state index in [9.17, 15) is 25.0 Å². The van der Waals surface area contributed by atoms with Gasteiger partial charge in [-0.05, 0) is 48.0 Å². The Hall–Kier alpha value is -4.66. The van der Waals surface area contributed by atoms with Gasteiger partial charge in [0.25, 0.3) is 16.9 Å². The SMILES string of the molecule is O=c1c2ccccc2nc(C=Cc2ccc([N+](=O)[O-])cc2)n1-c1ccc([N+](=O)[O-])cc1. The number of rotatable bonds is 5. The van der Waals surface area contributed by atoms with Crippen LogP contribution >= 0.6 is 0 Å². The Morgan fingerprint density at radius 2 is 1.35 bits per heavy atom. The number of hydrogen-bond donors (Lipinski definition) is 0. The molecule has 3 aromatic carbocycles. The monoisotopic (exact) mass is 414 g/mol. The molecule has 0 aliphatic carbocycles. The van der Waals surface area contributed by atoms with Crippen molar-refractivity contribution >= 4 is 34.4 Å². The van der Waals surface area contributed by atoms with Crippen molar-refractivity contribution in [3.8, 4) is 5.69 Å². The van der Waals surface area contributed by atoms with Gasteiger partial charge in [-0.3, -0.25) is 29.6 Å². The first-order valence-corrected chi connectivity index (χ1v) is 9.13. The van der Waals surface area contributed by atoms with Gasteiger partial charge in [0.05, 0.1) is 26.4 Å². The average molecular weight is 414 g/mol. The van der Waals surface area contributed by atoms with E-state index >= 15 is 0 Å². The maximum atomic E-state index is 13.2. The molecule has 0 amide bonds. The van der Waals surface area contributed by atoms with Gasteiger partial charge in [0.15, 0.2) is 0 Å². The zero-order valence-electron chi connectivity index (χ0n) is 15.9. The summed E-state index contributed by atoms with van der Waals surface area (Å²) in [4.78, 5) is 38.5. The number of aromatic nitrogens is 2. The second kappa shape index (κ2) is 7.99. The van der Waals surface area contributed by atoms with Crippen LogP contribution in [0.3, 0.4) is 0 Å². The van der Waals surface area contributed by atoms with Crippen LogP contribution in [-0.2, 0) is 0 Å². The number of para-hydroxylation sites is 1. The third kappa shape index (κ3) is 3.92. The molecule has 4 rings (SSSR count). The van der Waals surface area contributed by atoms with Crippen LogP contribution in [0.5, 0.6) is 0 Å². The van der Waals surface area contributed by atoms with Crippen LogP contribution in [0.15, 0.2) is 77.6 Å². The summed E-state index contributed by atoms with van der Waals surface area (Å²) in [6, 6.07) is 18.4. The van der Waals surface area contributed by atoms with Crippen LogP contribution < -0.4 is 5.56 Å². The van der Waals surface area contributed by atoms with Crippen LogP contribution in [0.1, 0.15) is 11.4 Å². The average Bonchev–Trinajstić information content (AvgIpc) is 2.78. The van der Waals surface area contributed by atoms with Crippen molar-refractivity contribution in [3.63, 3.8) is 0 Å². The molecule has 1 aromatic heterocycles. The molecule has 0 radical (unpaired) electrons. The largest absolute Gasteiger partial charge is 0.269 e. The molecule has 0 fully saturated rings. The Labute approximate surface area is 174 Å². The van der Waals surface area contributed by atoms with Gasteiger partial charge in [-0.15, -0.1) is 0 Å². The normalized spacial score (nSPS) is 11.1. The molecule has 0 bridgehead atoms. The van der Waals surface area contributed by atoms with Gasteiger partial charge in [-0.1, -0.05) is 18.2 Å².